The molecule has 5 rings (SSSR count). The smallest absolute Gasteiger partial charge is 0.262 e. The van der Waals surface area contributed by atoms with Gasteiger partial charge in [-0.25, -0.2) is 4.98 Å². The summed E-state index contributed by atoms with van der Waals surface area (Å²) in [6.07, 6.45) is 8.02. The number of carbonyl (C=O) groups excluding carboxylic acids is 1. The first-order valence-electron chi connectivity index (χ1n) is 11.2. The molecule has 9 heteroatoms. The molecule has 3 aromatic rings. The number of likely N-dealkylation sites (tertiary alicyclic amines) is 1. The Hall–Kier alpha value is -2.55. The largest absolute Gasteiger partial charge is 0.340 e. The molecule has 1 amide bonds. The van der Waals surface area contributed by atoms with Crippen molar-refractivity contribution in [2.45, 2.75) is 71.4 Å². The Morgan fingerprint density at radius 3 is 2.90 bits per heavy atom. The zero-order valence-electron chi connectivity index (χ0n) is 18.1. The third-order valence-corrected chi connectivity index (χ3v) is 7.85. The van der Waals surface area contributed by atoms with Crippen LogP contribution >= 0.6 is 11.3 Å². The molecular weight excluding hydrogens is 412 g/mol. The molecule has 0 bridgehead atoms. The predicted octanol–water partition coefficient (Wildman–Crippen LogP) is 2.80. The fourth-order valence-electron chi connectivity index (χ4n) is 4.85. The van der Waals surface area contributed by atoms with Gasteiger partial charge in [-0.15, -0.1) is 21.5 Å². The lowest BCUT2D eigenvalue weighted by molar-refractivity contribution is -0.133. The van der Waals surface area contributed by atoms with Crippen LogP contribution in [-0.2, 0) is 24.3 Å². The van der Waals surface area contributed by atoms with Gasteiger partial charge in [0.2, 0.25) is 5.91 Å². The van der Waals surface area contributed by atoms with Crippen molar-refractivity contribution in [2.24, 2.45) is 0 Å². The second kappa shape index (κ2) is 8.18. The second-order valence-electron chi connectivity index (χ2n) is 8.76. The summed E-state index contributed by atoms with van der Waals surface area (Å²) < 4.78 is 3.74. The number of fused-ring (bicyclic) bond motifs is 2. The van der Waals surface area contributed by atoms with E-state index in [1.165, 1.54) is 35.1 Å². The van der Waals surface area contributed by atoms with Gasteiger partial charge in [-0.3, -0.25) is 14.2 Å². The molecule has 5 heterocycles. The van der Waals surface area contributed by atoms with Crippen LogP contribution in [0.25, 0.3) is 10.2 Å². The number of thiophene rings is 1. The molecular formula is C22H28N6O2S. The molecule has 0 N–H and O–H groups in total. The van der Waals surface area contributed by atoms with Crippen molar-refractivity contribution in [3.8, 4) is 0 Å². The van der Waals surface area contributed by atoms with E-state index in [0.717, 1.165) is 65.7 Å². The van der Waals surface area contributed by atoms with Gasteiger partial charge < -0.3 is 9.47 Å². The Morgan fingerprint density at radius 2 is 2.03 bits per heavy atom. The topological polar surface area (TPSA) is 85.9 Å². The van der Waals surface area contributed by atoms with Crippen molar-refractivity contribution in [1.82, 2.24) is 29.2 Å². The normalized spacial score (nSPS) is 19.4. The van der Waals surface area contributed by atoms with Crippen LogP contribution in [0.15, 0.2) is 11.1 Å². The third-order valence-electron chi connectivity index (χ3n) is 6.74. The molecule has 2 aliphatic rings. The van der Waals surface area contributed by atoms with Crippen LogP contribution in [-0.4, -0.2) is 48.2 Å². The Balaban J connectivity index is 1.34. The maximum absolute atomic E-state index is 13.1. The van der Waals surface area contributed by atoms with Crippen molar-refractivity contribution in [2.75, 3.05) is 13.1 Å². The molecule has 0 saturated carbocycles. The number of carbonyl (C=O) groups is 1. The van der Waals surface area contributed by atoms with Crippen molar-refractivity contribution in [3.05, 3.63) is 38.8 Å². The SMILES string of the molecule is Cc1sc2ncn(CC(=O)N3CCCC(c4nnc5n4CCCCC5)C3)c(=O)c2c1C. The van der Waals surface area contributed by atoms with Crippen LogP contribution in [0, 0.1) is 13.8 Å². The van der Waals surface area contributed by atoms with E-state index in [9.17, 15) is 9.59 Å². The first-order chi connectivity index (χ1) is 15.0. The fourth-order valence-corrected chi connectivity index (χ4v) is 5.84. The Kier molecular flexibility index (Phi) is 5.37. The maximum atomic E-state index is 13.1. The van der Waals surface area contributed by atoms with Crippen LogP contribution < -0.4 is 5.56 Å². The van der Waals surface area contributed by atoms with E-state index >= 15 is 0 Å². The van der Waals surface area contributed by atoms with E-state index in [1.54, 1.807) is 0 Å². The van der Waals surface area contributed by atoms with E-state index in [4.69, 9.17) is 0 Å². The van der Waals surface area contributed by atoms with Gasteiger partial charge in [0.05, 0.1) is 11.7 Å². The summed E-state index contributed by atoms with van der Waals surface area (Å²) in [4.78, 5) is 34.2. The molecule has 2 aliphatic heterocycles. The molecule has 1 unspecified atom stereocenters. The number of rotatable bonds is 3. The monoisotopic (exact) mass is 440 g/mol. The first-order valence-corrected chi connectivity index (χ1v) is 12.0. The van der Waals surface area contributed by atoms with Gasteiger partial charge in [0, 0.05) is 36.9 Å². The maximum Gasteiger partial charge on any atom is 0.262 e. The molecule has 3 aromatic heterocycles. The van der Waals surface area contributed by atoms with Gasteiger partial charge in [-0.2, -0.15) is 0 Å². The summed E-state index contributed by atoms with van der Waals surface area (Å²) in [5, 5.41) is 9.59. The number of hydrogen-bond acceptors (Lipinski definition) is 6. The number of aromatic nitrogens is 5. The highest BCUT2D eigenvalue weighted by Crippen LogP contribution is 2.28. The Labute approximate surface area is 184 Å². The summed E-state index contributed by atoms with van der Waals surface area (Å²) in [7, 11) is 0. The van der Waals surface area contributed by atoms with Gasteiger partial charge >= 0.3 is 0 Å². The standard InChI is InChI=1S/C22H28N6O2S/c1-14-15(2)31-21-19(14)22(30)27(13-23-21)12-18(29)26-9-6-7-16(11-26)20-25-24-17-8-4-3-5-10-28(17)20/h13,16H,3-12H2,1-2H3. The highest BCUT2D eigenvalue weighted by atomic mass is 32.1. The quantitative estimate of drug-likeness (QED) is 0.625. The second-order valence-corrected chi connectivity index (χ2v) is 9.96. The summed E-state index contributed by atoms with van der Waals surface area (Å²) in [6, 6.07) is 0. The lowest BCUT2D eigenvalue weighted by atomic mass is 9.97. The zero-order valence-corrected chi connectivity index (χ0v) is 19.0. The average molecular weight is 441 g/mol. The number of aryl methyl sites for hydroxylation is 3. The van der Waals surface area contributed by atoms with Crippen LogP contribution in [0.5, 0.6) is 0 Å². The molecule has 1 atom stereocenters. The van der Waals surface area contributed by atoms with Gasteiger partial charge in [-0.05, 0) is 45.1 Å². The number of nitrogens with zero attached hydrogens (tertiary/aromatic N) is 6. The minimum absolute atomic E-state index is 0.0285. The predicted molar refractivity (Wildman–Crippen MR) is 119 cm³/mol. The van der Waals surface area contributed by atoms with Gasteiger partial charge in [-0.1, -0.05) is 6.42 Å². The number of amides is 1. The van der Waals surface area contributed by atoms with Gasteiger partial charge in [0.1, 0.15) is 23.0 Å². The van der Waals surface area contributed by atoms with Crippen LogP contribution in [0.3, 0.4) is 0 Å². The minimum atomic E-state index is -0.128. The van der Waals surface area contributed by atoms with Crippen LogP contribution in [0.4, 0.5) is 0 Å². The van der Waals surface area contributed by atoms with Crippen molar-refractivity contribution in [1.29, 1.82) is 0 Å². The minimum Gasteiger partial charge on any atom is -0.340 e. The Bertz CT molecular complexity index is 1190. The van der Waals surface area contributed by atoms with E-state index in [1.807, 2.05) is 18.7 Å². The third kappa shape index (κ3) is 3.69. The highest BCUT2D eigenvalue weighted by molar-refractivity contribution is 7.18. The van der Waals surface area contributed by atoms with E-state index < -0.39 is 0 Å². The first kappa shape index (κ1) is 20.4. The molecule has 8 nitrogen and oxygen atoms in total. The Morgan fingerprint density at radius 1 is 1.16 bits per heavy atom. The molecule has 0 aromatic carbocycles. The average Bonchev–Trinajstić information content (AvgIpc) is 3.21. The van der Waals surface area contributed by atoms with Crippen molar-refractivity contribution in [3.63, 3.8) is 0 Å². The fraction of sp³-hybridized carbons (Fsp3) is 0.591. The lowest BCUT2D eigenvalue weighted by Crippen LogP contribution is -2.42. The lowest BCUT2D eigenvalue weighted by Gasteiger charge is -2.32. The summed E-state index contributed by atoms with van der Waals surface area (Å²) >= 11 is 1.52. The van der Waals surface area contributed by atoms with Gasteiger partial charge in [0.15, 0.2) is 0 Å². The summed E-state index contributed by atoms with van der Waals surface area (Å²) in [5.41, 5.74) is 0.835. The number of hydrogen-bond donors (Lipinski definition) is 0. The molecule has 164 valence electrons. The molecule has 1 saturated heterocycles. The van der Waals surface area contributed by atoms with E-state index in [2.05, 4.69) is 19.7 Å². The van der Waals surface area contributed by atoms with E-state index in [-0.39, 0.29) is 23.9 Å². The molecule has 0 spiro atoms. The molecule has 31 heavy (non-hydrogen) atoms. The number of piperidine rings is 1. The van der Waals surface area contributed by atoms with Gasteiger partial charge in [0.25, 0.3) is 5.56 Å². The highest BCUT2D eigenvalue weighted by Gasteiger charge is 2.29. The summed E-state index contributed by atoms with van der Waals surface area (Å²) in [6.45, 7) is 6.30. The van der Waals surface area contributed by atoms with Crippen molar-refractivity contribution >= 4 is 27.5 Å². The zero-order chi connectivity index (χ0) is 21.5. The summed E-state index contributed by atoms with van der Waals surface area (Å²) in [5.74, 6) is 2.28. The van der Waals surface area contributed by atoms with Crippen LogP contribution in [0.1, 0.15) is 60.1 Å². The van der Waals surface area contributed by atoms with Crippen LogP contribution in [0.2, 0.25) is 0 Å². The molecule has 0 radical (unpaired) electrons. The van der Waals surface area contributed by atoms with Crippen molar-refractivity contribution < 1.29 is 4.79 Å². The molecule has 1 fully saturated rings. The van der Waals surface area contributed by atoms with E-state index in [0.29, 0.717) is 11.9 Å². The molecule has 0 aliphatic carbocycles.